The molecule has 30 heavy (non-hydrogen) atoms. The van der Waals surface area contributed by atoms with Gasteiger partial charge in [0.15, 0.2) is 0 Å². The van der Waals surface area contributed by atoms with Crippen LogP contribution in [0.25, 0.3) is 0 Å². The van der Waals surface area contributed by atoms with Gasteiger partial charge in [0.25, 0.3) is 0 Å². The molecule has 166 valence electrons. The fourth-order valence-corrected chi connectivity index (χ4v) is 5.10. The first kappa shape index (κ1) is 22.7. The highest BCUT2D eigenvalue weighted by Crippen LogP contribution is 2.28. The van der Waals surface area contributed by atoms with E-state index in [1.165, 1.54) is 17.0 Å². The molecule has 9 heteroatoms. The quantitative estimate of drug-likeness (QED) is 0.712. The second-order valence-corrected chi connectivity index (χ2v) is 10.6. The Labute approximate surface area is 177 Å². The van der Waals surface area contributed by atoms with Gasteiger partial charge in [-0.25, -0.2) is 12.8 Å². The molecule has 1 aromatic carbocycles. The highest BCUT2D eigenvalue weighted by atomic mass is 32.2. The van der Waals surface area contributed by atoms with Crippen molar-refractivity contribution in [2.45, 2.75) is 63.6 Å². The van der Waals surface area contributed by atoms with Gasteiger partial charge in [0.05, 0.1) is 12.8 Å². The van der Waals surface area contributed by atoms with E-state index in [0.29, 0.717) is 5.56 Å². The summed E-state index contributed by atoms with van der Waals surface area (Å²) < 4.78 is 39.0. The average molecular weight is 440 g/mol. The minimum absolute atomic E-state index is 0.0107. The van der Waals surface area contributed by atoms with Crippen molar-refractivity contribution in [3.8, 4) is 0 Å². The molecule has 2 aliphatic rings. The number of nitrogens with zero attached hydrogens (tertiary/aromatic N) is 2. The van der Waals surface area contributed by atoms with Crippen molar-refractivity contribution in [2.75, 3.05) is 19.3 Å². The molecule has 1 unspecified atom stereocenters. The van der Waals surface area contributed by atoms with Gasteiger partial charge in [-0.15, -0.1) is 0 Å². The average Bonchev–Trinajstić information content (AvgIpc) is 2.92. The number of amides is 2. The molecule has 2 amide bonds. The number of carbonyl (C=O) groups is 2. The Kier molecular flexibility index (Phi) is 6.81. The lowest BCUT2D eigenvalue weighted by atomic mass is 9.93. The lowest BCUT2D eigenvalue weighted by Gasteiger charge is -2.47. The summed E-state index contributed by atoms with van der Waals surface area (Å²) in [5.74, 6) is -1.28. The smallest absolute Gasteiger partial charge is 0.247 e. The van der Waals surface area contributed by atoms with Gasteiger partial charge >= 0.3 is 0 Å². The zero-order valence-corrected chi connectivity index (χ0v) is 18.4. The van der Waals surface area contributed by atoms with Crippen LogP contribution in [-0.4, -0.2) is 60.4 Å². The van der Waals surface area contributed by atoms with Crippen molar-refractivity contribution in [1.82, 2.24) is 14.5 Å². The number of carbonyl (C=O) groups excluding carboxylic acids is 2. The van der Waals surface area contributed by atoms with Crippen LogP contribution in [0.4, 0.5) is 4.39 Å². The van der Waals surface area contributed by atoms with Crippen LogP contribution >= 0.6 is 0 Å². The molecule has 0 radical (unpaired) electrons. The number of nitrogens with one attached hydrogen (secondary N) is 1. The maximum atomic E-state index is 13.7. The zero-order chi connectivity index (χ0) is 21.9. The summed E-state index contributed by atoms with van der Waals surface area (Å²) in [6.07, 6.45) is 7.11. The first-order valence-electron chi connectivity index (χ1n) is 10.4. The fourth-order valence-electron chi connectivity index (χ4n) is 4.27. The van der Waals surface area contributed by atoms with Crippen molar-refractivity contribution in [3.63, 3.8) is 0 Å². The molecule has 0 spiro atoms. The van der Waals surface area contributed by atoms with Gasteiger partial charge in [0.2, 0.25) is 21.8 Å². The molecule has 3 rings (SSSR count). The number of rotatable bonds is 5. The third-order valence-corrected chi connectivity index (χ3v) is 7.27. The molecule has 1 heterocycles. The standard InChI is InChI=1S/C21H30FN3O4S/c1-21(20(27)23-18-10-5-3-4-6-11-18)15-24(30(2,28)29)14-19(26)25(21)13-16-8-7-9-17(22)12-16/h7-9,12,18H,3-6,10-11,13-15H2,1-2H3,(H,23,27). The van der Waals surface area contributed by atoms with E-state index in [1.807, 2.05) is 0 Å². The third-order valence-electron chi connectivity index (χ3n) is 6.07. The summed E-state index contributed by atoms with van der Waals surface area (Å²) in [5, 5.41) is 3.06. The summed E-state index contributed by atoms with van der Waals surface area (Å²) >= 11 is 0. The number of sulfonamides is 1. The molecule has 7 nitrogen and oxygen atoms in total. The van der Waals surface area contributed by atoms with Crippen LogP contribution in [0.5, 0.6) is 0 Å². The molecular weight excluding hydrogens is 409 g/mol. The van der Waals surface area contributed by atoms with Crippen LogP contribution in [0.15, 0.2) is 24.3 Å². The van der Waals surface area contributed by atoms with E-state index in [4.69, 9.17) is 0 Å². The van der Waals surface area contributed by atoms with Gasteiger partial charge in [0, 0.05) is 19.1 Å². The van der Waals surface area contributed by atoms with E-state index in [2.05, 4.69) is 5.32 Å². The Balaban J connectivity index is 1.89. The minimum Gasteiger partial charge on any atom is -0.351 e. The number of hydrogen-bond donors (Lipinski definition) is 1. The summed E-state index contributed by atoms with van der Waals surface area (Å²) in [6, 6.07) is 5.87. The SMILES string of the molecule is CC1(C(=O)NC2CCCCCC2)CN(S(C)(=O)=O)CC(=O)N1Cc1cccc(F)c1. The molecule has 1 saturated carbocycles. The molecule has 0 bridgehead atoms. The minimum atomic E-state index is -3.66. The van der Waals surface area contributed by atoms with Crippen LogP contribution in [0.1, 0.15) is 51.0 Å². The predicted molar refractivity (Wildman–Crippen MR) is 111 cm³/mol. The molecule has 2 fully saturated rings. The Morgan fingerprint density at radius 1 is 1.23 bits per heavy atom. The summed E-state index contributed by atoms with van der Waals surface area (Å²) in [4.78, 5) is 27.7. The summed E-state index contributed by atoms with van der Waals surface area (Å²) in [5.41, 5.74) is -0.846. The van der Waals surface area contributed by atoms with Gasteiger partial charge in [-0.1, -0.05) is 37.8 Å². The molecule has 0 aromatic heterocycles. The van der Waals surface area contributed by atoms with Crippen molar-refractivity contribution in [2.24, 2.45) is 0 Å². The topological polar surface area (TPSA) is 86.8 Å². The first-order valence-corrected chi connectivity index (χ1v) is 12.3. The lowest BCUT2D eigenvalue weighted by Crippen LogP contribution is -2.69. The Hall–Kier alpha value is -2.00. The molecule has 1 N–H and O–H groups in total. The van der Waals surface area contributed by atoms with Gasteiger partial charge in [-0.2, -0.15) is 4.31 Å². The Bertz CT molecular complexity index is 899. The number of benzene rings is 1. The van der Waals surface area contributed by atoms with Crippen molar-refractivity contribution >= 4 is 21.8 Å². The van der Waals surface area contributed by atoms with Crippen LogP contribution in [-0.2, 0) is 26.2 Å². The third kappa shape index (κ3) is 5.18. The highest BCUT2D eigenvalue weighted by molar-refractivity contribution is 7.88. The second-order valence-electron chi connectivity index (χ2n) is 8.58. The maximum absolute atomic E-state index is 13.7. The van der Waals surface area contributed by atoms with Gasteiger partial charge in [-0.3, -0.25) is 9.59 Å². The largest absolute Gasteiger partial charge is 0.351 e. The number of piperazine rings is 1. The molecular formula is C21H30FN3O4S. The predicted octanol–water partition coefficient (Wildman–Crippen LogP) is 2.03. The molecule has 1 aliphatic heterocycles. The lowest BCUT2D eigenvalue weighted by molar-refractivity contribution is -0.154. The van der Waals surface area contributed by atoms with E-state index < -0.39 is 27.3 Å². The van der Waals surface area contributed by atoms with Gasteiger partial charge in [0.1, 0.15) is 11.4 Å². The van der Waals surface area contributed by atoms with Crippen molar-refractivity contribution < 1.29 is 22.4 Å². The monoisotopic (exact) mass is 439 g/mol. The van der Waals surface area contributed by atoms with Crippen molar-refractivity contribution in [1.29, 1.82) is 0 Å². The van der Waals surface area contributed by atoms with Crippen LogP contribution < -0.4 is 5.32 Å². The molecule has 1 aliphatic carbocycles. The Morgan fingerprint density at radius 3 is 2.50 bits per heavy atom. The fraction of sp³-hybridized carbons (Fsp3) is 0.619. The molecule has 1 saturated heterocycles. The van der Waals surface area contributed by atoms with E-state index in [9.17, 15) is 22.4 Å². The summed E-state index contributed by atoms with van der Waals surface area (Å²) in [7, 11) is -3.66. The number of hydrogen-bond acceptors (Lipinski definition) is 4. The van der Waals surface area contributed by atoms with Crippen LogP contribution in [0.2, 0.25) is 0 Å². The number of halogens is 1. The maximum Gasteiger partial charge on any atom is 0.247 e. The van der Waals surface area contributed by atoms with E-state index in [-0.39, 0.29) is 31.6 Å². The molecule has 1 aromatic rings. The van der Waals surface area contributed by atoms with Crippen molar-refractivity contribution in [3.05, 3.63) is 35.6 Å². The van der Waals surface area contributed by atoms with E-state index >= 15 is 0 Å². The second kappa shape index (κ2) is 9.01. The normalized spacial score (nSPS) is 24.5. The van der Waals surface area contributed by atoms with Gasteiger partial charge < -0.3 is 10.2 Å². The zero-order valence-electron chi connectivity index (χ0n) is 17.6. The van der Waals surface area contributed by atoms with Crippen LogP contribution in [0, 0.1) is 5.82 Å². The molecule has 1 atom stereocenters. The van der Waals surface area contributed by atoms with E-state index in [0.717, 1.165) is 49.1 Å². The first-order chi connectivity index (χ1) is 14.1. The summed E-state index contributed by atoms with van der Waals surface area (Å²) in [6.45, 7) is 1.16. The van der Waals surface area contributed by atoms with E-state index in [1.54, 1.807) is 19.1 Å². The van der Waals surface area contributed by atoms with Gasteiger partial charge in [-0.05, 0) is 37.5 Å². The highest BCUT2D eigenvalue weighted by Gasteiger charge is 2.49. The Morgan fingerprint density at radius 2 is 1.90 bits per heavy atom. The van der Waals surface area contributed by atoms with Crippen LogP contribution in [0.3, 0.4) is 0 Å².